The van der Waals surface area contributed by atoms with Gasteiger partial charge < -0.3 is 24.2 Å². The lowest BCUT2D eigenvalue weighted by atomic mass is 9.91. The number of thioether (sulfide) groups is 2. The number of alkyl halides is 1. The maximum absolute atomic E-state index is 16.5. The molecule has 0 bridgehead atoms. The van der Waals surface area contributed by atoms with Crippen LogP contribution in [-0.4, -0.2) is 98.7 Å². The van der Waals surface area contributed by atoms with E-state index in [0.29, 0.717) is 64.7 Å². The van der Waals surface area contributed by atoms with Gasteiger partial charge in [-0.25, -0.2) is 8.78 Å². The van der Waals surface area contributed by atoms with E-state index >= 15 is 4.39 Å². The number of rotatable bonds is 14. The zero-order valence-corrected chi connectivity index (χ0v) is 39.2. The fraction of sp³-hybridized carbons (Fsp3) is 0.591. The van der Waals surface area contributed by atoms with Crippen LogP contribution in [0.15, 0.2) is 42.7 Å². The highest BCUT2D eigenvalue weighted by atomic mass is 32.2. The number of aromatic nitrogens is 1. The Morgan fingerprint density at radius 1 is 0.935 bits per heavy atom. The molecule has 62 heavy (non-hydrogen) atoms. The van der Waals surface area contributed by atoms with E-state index in [1.807, 2.05) is 0 Å². The zero-order valence-electron chi connectivity index (χ0n) is 35.9. The number of thiophene rings is 1. The van der Waals surface area contributed by atoms with Gasteiger partial charge in [-0.15, -0.1) is 11.3 Å². The van der Waals surface area contributed by atoms with Crippen LogP contribution in [0.3, 0.4) is 0 Å². The van der Waals surface area contributed by atoms with Crippen LogP contribution in [0.5, 0.6) is 0 Å². The molecular formula is C44H55F2N4O8PS3. The molecule has 5 heterocycles. The highest BCUT2D eigenvalue weighted by Gasteiger charge is 2.52. The second kappa shape index (κ2) is 18.7. The van der Waals surface area contributed by atoms with Crippen molar-refractivity contribution < 1.29 is 46.4 Å². The molecule has 0 radical (unpaired) electrons. The number of pyridine rings is 1. The Morgan fingerprint density at radius 3 is 2.21 bits per heavy atom. The molecule has 12 nitrogen and oxygen atoms in total. The second-order valence-corrected chi connectivity index (χ2v) is 24.1. The Balaban J connectivity index is 1.02. The van der Waals surface area contributed by atoms with Crippen LogP contribution in [0, 0.1) is 28.5 Å². The van der Waals surface area contributed by atoms with Crippen molar-refractivity contribution in [1.82, 2.24) is 20.1 Å². The summed E-state index contributed by atoms with van der Waals surface area (Å²) < 4.78 is 56.9. The van der Waals surface area contributed by atoms with Crippen molar-refractivity contribution in [2.24, 2.45) is 22.7 Å². The van der Waals surface area contributed by atoms with Crippen molar-refractivity contribution in [1.29, 1.82) is 0 Å². The van der Waals surface area contributed by atoms with E-state index in [2.05, 4.69) is 10.3 Å². The maximum atomic E-state index is 16.5. The van der Waals surface area contributed by atoms with Crippen LogP contribution >= 0.6 is 42.5 Å². The molecule has 1 unspecified atom stereocenters. The van der Waals surface area contributed by atoms with Gasteiger partial charge in [0.25, 0.3) is 5.91 Å². The van der Waals surface area contributed by atoms with Gasteiger partial charge in [-0.05, 0) is 79.2 Å². The molecule has 1 aromatic carbocycles. The van der Waals surface area contributed by atoms with Crippen molar-refractivity contribution in [2.75, 3.05) is 37.8 Å². The molecule has 4 aliphatic rings. The maximum Gasteiger partial charge on any atom is 0.369 e. The molecule has 7 rings (SSSR count). The molecule has 1 N–H and O–H groups in total. The third-order valence-corrected chi connectivity index (χ3v) is 17.5. The number of carbonyl (C=O) groups excluding carboxylic acids is 5. The first-order valence-electron chi connectivity index (χ1n) is 21.2. The molecule has 3 aliphatic heterocycles. The number of nitrogens with zero attached hydrogens (tertiary/aromatic N) is 3. The summed E-state index contributed by atoms with van der Waals surface area (Å²) in [4.78, 5) is 74.8. The average Bonchev–Trinajstić information content (AvgIpc) is 3.55. The number of amides is 3. The molecule has 3 aromatic rings. The smallest absolute Gasteiger partial charge is 0.340 e. The minimum absolute atomic E-state index is 0.00674. The normalized spacial score (nSPS) is 23.5. The Hall–Kier alpha value is -3.21. The predicted octanol–water partition coefficient (Wildman–Crippen LogP) is 8.76. The van der Waals surface area contributed by atoms with Crippen molar-refractivity contribution >= 4 is 80.5 Å². The van der Waals surface area contributed by atoms with E-state index in [1.165, 1.54) is 41.9 Å². The molecule has 4 fully saturated rings. The van der Waals surface area contributed by atoms with E-state index in [-0.39, 0.29) is 70.1 Å². The van der Waals surface area contributed by atoms with Crippen LogP contribution < -0.4 is 5.32 Å². The van der Waals surface area contributed by atoms with Crippen LogP contribution in [0.4, 0.5) is 8.78 Å². The molecule has 2 aromatic heterocycles. The first kappa shape index (κ1) is 46.8. The number of carbonyl (C=O) groups is 5. The van der Waals surface area contributed by atoms with Gasteiger partial charge in [-0.1, -0.05) is 71.1 Å². The fourth-order valence-corrected chi connectivity index (χ4v) is 12.6. The molecule has 336 valence electrons. The van der Waals surface area contributed by atoms with E-state index in [4.69, 9.17) is 9.05 Å². The Kier molecular flexibility index (Phi) is 14.1. The number of hydrogen-bond acceptors (Lipinski definition) is 12. The van der Waals surface area contributed by atoms with E-state index in [0.717, 1.165) is 36.4 Å². The number of nitrogens with one attached hydrogen (secondary N) is 1. The van der Waals surface area contributed by atoms with Gasteiger partial charge in [0, 0.05) is 70.0 Å². The first-order valence-corrected chi connectivity index (χ1v) is 25.6. The van der Waals surface area contributed by atoms with Gasteiger partial charge in [0.15, 0.2) is 10.2 Å². The van der Waals surface area contributed by atoms with Crippen molar-refractivity contribution in [2.45, 2.75) is 104 Å². The average molecular weight is 933 g/mol. The number of hydrogen-bond donors (Lipinski definition) is 1. The minimum Gasteiger partial charge on any atom is -0.340 e. The summed E-state index contributed by atoms with van der Waals surface area (Å²) in [6.45, 7) is 10.9. The predicted molar refractivity (Wildman–Crippen MR) is 238 cm³/mol. The summed E-state index contributed by atoms with van der Waals surface area (Å²) in [5, 5.41) is 3.31. The fourth-order valence-electron chi connectivity index (χ4n) is 8.32. The number of halogens is 2. The molecule has 1 aliphatic carbocycles. The first-order chi connectivity index (χ1) is 29.2. The van der Waals surface area contributed by atoms with Gasteiger partial charge in [-0.3, -0.25) is 33.5 Å². The minimum atomic E-state index is -4.49. The van der Waals surface area contributed by atoms with Crippen molar-refractivity contribution in [3.63, 3.8) is 0 Å². The SMILES string of the molecule is CC(C)(C)C(=O)SCCOP(=O)(OCCSC(=O)C(C)(C)C)C(F)c1ccc2sc(C(=O)N[C@H]3C[C@@H]4C[C@@H]4C[C@H]4CC[C@@H](C(=O)N5CC(c6cnccc6F)C5)N4C3=O)cc2c1. The quantitative estimate of drug-likeness (QED) is 0.122. The van der Waals surface area contributed by atoms with Gasteiger partial charge in [0.05, 0.1) is 18.1 Å². The largest absolute Gasteiger partial charge is 0.369 e. The summed E-state index contributed by atoms with van der Waals surface area (Å²) in [6, 6.07) is 5.90. The molecule has 6 atom stereocenters. The lowest BCUT2D eigenvalue weighted by molar-refractivity contribution is -0.149. The molecular weight excluding hydrogens is 878 g/mol. The summed E-state index contributed by atoms with van der Waals surface area (Å²) in [7, 11) is -4.49. The van der Waals surface area contributed by atoms with E-state index < -0.39 is 42.3 Å². The standard InChI is InChI=1S/C44H55F2N4O8PS3/c1-43(2,3)41(54)60-15-13-57-59(56,58-14-16-61-42(55)44(4,5)6)37(46)25-7-10-35-28(17-25)21-36(62-35)38(51)48-33-20-27-18-26(27)19-30-8-9-34(50(30)39(33)52)40(53)49-23-29(24-49)31-22-47-12-11-32(31)45/h7,10-12,17,21-22,26-27,29-30,33-34,37H,8-9,13-16,18-20,23-24H2,1-6H3,(H,48,51)/t26-,27+,30-,33+,34+,37?/m1/s1. The lowest BCUT2D eigenvalue weighted by Gasteiger charge is -2.43. The third kappa shape index (κ3) is 10.5. The zero-order chi connectivity index (χ0) is 44.7. The highest BCUT2D eigenvalue weighted by molar-refractivity contribution is 8.14. The number of fused-ring (bicyclic) bond motifs is 3. The molecule has 3 amide bonds. The van der Waals surface area contributed by atoms with Gasteiger partial charge in [0.1, 0.15) is 17.9 Å². The molecule has 18 heteroatoms. The van der Waals surface area contributed by atoms with Crippen molar-refractivity contribution in [3.05, 3.63) is 64.5 Å². The van der Waals surface area contributed by atoms with Crippen LogP contribution in [0.2, 0.25) is 0 Å². The summed E-state index contributed by atoms with van der Waals surface area (Å²) in [6.07, 6.45) is 6.36. The Labute approximate surface area is 373 Å². The van der Waals surface area contributed by atoms with E-state index in [1.54, 1.807) is 63.5 Å². The summed E-state index contributed by atoms with van der Waals surface area (Å²) in [5.41, 5.74) is -0.729. The van der Waals surface area contributed by atoms with Crippen LogP contribution in [0.25, 0.3) is 10.1 Å². The number of benzene rings is 1. The third-order valence-electron chi connectivity index (χ3n) is 12.0. The van der Waals surface area contributed by atoms with Gasteiger partial charge in [-0.2, -0.15) is 0 Å². The van der Waals surface area contributed by atoms with Gasteiger partial charge in [0.2, 0.25) is 17.7 Å². The second-order valence-electron chi connectivity index (χ2n) is 18.8. The molecule has 0 spiro atoms. The Morgan fingerprint density at radius 2 is 1.58 bits per heavy atom. The Bertz CT molecular complexity index is 2220. The van der Waals surface area contributed by atoms with Crippen LogP contribution in [0.1, 0.15) is 106 Å². The monoisotopic (exact) mass is 932 g/mol. The summed E-state index contributed by atoms with van der Waals surface area (Å²) >= 11 is 3.17. The topological polar surface area (TPSA) is 152 Å². The summed E-state index contributed by atoms with van der Waals surface area (Å²) in [5.74, 6) is -2.65. The molecule has 1 saturated carbocycles. The number of likely N-dealkylation sites (tertiary alicyclic amines) is 1. The van der Waals surface area contributed by atoms with Crippen LogP contribution in [-0.2, 0) is 32.8 Å². The highest BCUT2D eigenvalue weighted by Crippen LogP contribution is 2.62. The molecule has 3 saturated heterocycles. The van der Waals surface area contributed by atoms with Gasteiger partial charge >= 0.3 is 7.60 Å². The lowest BCUT2D eigenvalue weighted by Crippen LogP contribution is -2.59. The van der Waals surface area contributed by atoms with E-state index in [9.17, 15) is 32.9 Å². The van der Waals surface area contributed by atoms with Crippen molar-refractivity contribution in [3.8, 4) is 0 Å².